The van der Waals surface area contributed by atoms with Crippen LogP contribution in [0.4, 0.5) is 0 Å². The Kier molecular flexibility index (Phi) is 7.91. The second kappa shape index (κ2) is 11.3. The molecule has 2 fully saturated rings. The predicted octanol–water partition coefficient (Wildman–Crippen LogP) is 5.61. The fourth-order valence-corrected chi connectivity index (χ4v) is 7.02. The number of likely N-dealkylation sites (tertiary alicyclic amines) is 1. The number of carbonyl (C=O) groups excluding carboxylic acids is 2. The van der Waals surface area contributed by atoms with E-state index in [2.05, 4.69) is 60.0 Å². The first-order chi connectivity index (χ1) is 18.0. The highest BCUT2D eigenvalue weighted by molar-refractivity contribution is 7.18. The van der Waals surface area contributed by atoms with Crippen molar-refractivity contribution in [2.24, 2.45) is 5.92 Å². The van der Waals surface area contributed by atoms with Crippen molar-refractivity contribution < 1.29 is 9.59 Å². The van der Waals surface area contributed by atoms with Crippen LogP contribution in [0.5, 0.6) is 0 Å². The van der Waals surface area contributed by atoms with Gasteiger partial charge in [0.05, 0.1) is 22.3 Å². The third-order valence-electron chi connectivity index (χ3n) is 8.10. The Morgan fingerprint density at radius 2 is 1.84 bits per heavy atom. The first kappa shape index (κ1) is 25.9. The molecule has 196 valence electrons. The Morgan fingerprint density at radius 1 is 1.05 bits per heavy atom. The van der Waals surface area contributed by atoms with E-state index in [1.807, 2.05) is 11.8 Å². The molecular weight excluding hydrogens is 480 g/mol. The number of rotatable bonds is 7. The second-order valence-electron chi connectivity index (χ2n) is 10.7. The van der Waals surface area contributed by atoms with Crippen molar-refractivity contribution in [2.45, 2.75) is 76.9 Å². The van der Waals surface area contributed by atoms with Crippen LogP contribution in [0.1, 0.15) is 68.5 Å². The smallest absolute Gasteiger partial charge is 0.246 e. The zero-order valence-corrected chi connectivity index (χ0v) is 22.9. The topological polar surface area (TPSA) is 74.3 Å². The van der Waals surface area contributed by atoms with Crippen LogP contribution in [0.25, 0.3) is 21.3 Å². The van der Waals surface area contributed by atoms with Crippen molar-refractivity contribution in [3.8, 4) is 11.1 Å². The molecule has 0 bridgehead atoms. The molecule has 3 atom stereocenters. The molecule has 5 rings (SSSR count). The van der Waals surface area contributed by atoms with Crippen LogP contribution in [-0.2, 0) is 9.59 Å². The maximum absolute atomic E-state index is 14.1. The van der Waals surface area contributed by atoms with Gasteiger partial charge in [0.15, 0.2) is 0 Å². The number of amides is 2. The van der Waals surface area contributed by atoms with Gasteiger partial charge in [0.25, 0.3) is 0 Å². The fraction of sp³-hybridized carbons (Fsp3) is 0.500. The van der Waals surface area contributed by atoms with Gasteiger partial charge in [-0.1, -0.05) is 61.2 Å². The van der Waals surface area contributed by atoms with E-state index in [0.29, 0.717) is 6.54 Å². The van der Waals surface area contributed by atoms with Gasteiger partial charge in [-0.05, 0) is 64.1 Å². The van der Waals surface area contributed by atoms with Gasteiger partial charge >= 0.3 is 0 Å². The molecule has 1 saturated carbocycles. The Hall–Kier alpha value is -2.77. The molecule has 6 nitrogen and oxygen atoms in total. The van der Waals surface area contributed by atoms with E-state index >= 15 is 0 Å². The summed E-state index contributed by atoms with van der Waals surface area (Å²) >= 11 is 1.70. The van der Waals surface area contributed by atoms with E-state index in [4.69, 9.17) is 4.98 Å². The van der Waals surface area contributed by atoms with Crippen molar-refractivity contribution in [3.63, 3.8) is 0 Å². The van der Waals surface area contributed by atoms with Crippen molar-refractivity contribution in [2.75, 3.05) is 13.6 Å². The quantitative estimate of drug-likeness (QED) is 0.426. The Bertz CT molecular complexity index is 1270. The number of para-hydroxylation sites is 1. The highest BCUT2D eigenvalue weighted by Gasteiger charge is 2.40. The highest BCUT2D eigenvalue weighted by Crippen LogP contribution is 2.40. The van der Waals surface area contributed by atoms with Crippen LogP contribution in [0, 0.1) is 12.8 Å². The molecule has 1 aliphatic heterocycles. The average Bonchev–Trinajstić information content (AvgIpc) is 3.58. The predicted molar refractivity (Wildman–Crippen MR) is 151 cm³/mol. The third-order valence-corrected chi connectivity index (χ3v) is 9.22. The minimum absolute atomic E-state index is 0.0417. The number of fused-ring (bicyclic) bond motifs is 1. The number of likely N-dealkylation sites (N-methyl/N-ethyl adjacent to an activating group) is 1. The summed E-state index contributed by atoms with van der Waals surface area (Å²) in [5.74, 6) is 0.146. The molecule has 0 spiro atoms. The summed E-state index contributed by atoms with van der Waals surface area (Å²) in [5.41, 5.74) is 4.53. The Labute approximate surface area is 223 Å². The van der Waals surface area contributed by atoms with Crippen molar-refractivity contribution >= 4 is 33.4 Å². The number of hydrogen-bond acceptors (Lipinski definition) is 5. The number of benzene rings is 2. The molecule has 2 aromatic carbocycles. The molecule has 1 saturated heterocycles. The zero-order valence-electron chi connectivity index (χ0n) is 22.1. The maximum atomic E-state index is 14.1. The summed E-state index contributed by atoms with van der Waals surface area (Å²) in [6.07, 6.45) is 7.29. The molecule has 2 heterocycles. The molecule has 2 N–H and O–H groups in total. The normalized spacial score (nSPS) is 20.2. The van der Waals surface area contributed by atoms with E-state index in [-0.39, 0.29) is 29.8 Å². The van der Waals surface area contributed by atoms with Crippen molar-refractivity contribution in [1.82, 2.24) is 20.5 Å². The lowest BCUT2D eigenvalue weighted by Gasteiger charge is -2.35. The largest absolute Gasteiger partial charge is 0.343 e. The van der Waals surface area contributed by atoms with E-state index in [0.717, 1.165) is 59.3 Å². The van der Waals surface area contributed by atoms with Gasteiger partial charge < -0.3 is 15.5 Å². The maximum Gasteiger partial charge on any atom is 0.246 e. The fourth-order valence-electron chi connectivity index (χ4n) is 5.88. The minimum Gasteiger partial charge on any atom is -0.343 e. The van der Waals surface area contributed by atoms with Crippen LogP contribution in [0.3, 0.4) is 0 Å². The highest BCUT2D eigenvalue weighted by atomic mass is 32.1. The van der Waals surface area contributed by atoms with Crippen LogP contribution >= 0.6 is 11.3 Å². The van der Waals surface area contributed by atoms with Gasteiger partial charge in [-0.3, -0.25) is 9.59 Å². The van der Waals surface area contributed by atoms with E-state index in [1.165, 1.54) is 17.5 Å². The standard InChI is InChI=1S/C30H38N4O2S/c1-19-10-7-13-22(18-19)23-14-8-16-25-27(23)33-29(37-25)24-15-9-17-34(24)30(36)26(21-11-5-4-6-12-21)32-28(35)20(2)31-3/h7-8,10,13-14,16,18,20-21,24,26,31H,4-6,9,11-12,15,17H2,1-3H3,(H,32,35)/t20-,24-,26-/m0/s1. The average molecular weight is 519 g/mol. The van der Waals surface area contributed by atoms with Gasteiger partial charge in [0, 0.05) is 12.1 Å². The summed E-state index contributed by atoms with van der Waals surface area (Å²) in [7, 11) is 1.77. The third kappa shape index (κ3) is 5.43. The molecule has 7 heteroatoms. The first-order valence-electron chi connectivity index (χ1n) is 13.7. The van der Waals surface area contributed by atoms with Crippen LogP contribution in [0.15, 0.2) is 42.5 Å². The molecule has 0 radical (unpaired) electrons. The summed E-state index contributed by atoms with van der Waals surface area (Å²) in [6, 6.07) is 14.0. The lowest BCUT2D eigenvalue weighted by atomic mass is 9.83. The molecule has 2 amide bonds. The summed E-state index contributed by atoms with van der Waals surface area (Å²) in [6.45, 7) is 4.66. The first-order valence-corrected chi connectivity index (χ1v) is 14.5. The van der Waals surface area contributed by atoms with E-state index in [1.54, 1.807) is 18.4 Å². The number of nitrogens with zero attached hydrogens (tertiary/aromatic N) is 2. The lowest BCUT2D eigenvalue weighted by Crippen LogP contribution is -2.55. The van der Waals surface area contributed by atoms with Gasteiger partial charge in [0.1, 0.15) is 11.0 Å². The molecular formula is C30H38N4O2S. The zero-order chi connectivity index (χ0) is 25.9. The Morgan fingerprint density at radius 3 is 2.59 bits per heavy atom. The number of carbonyl (C=O) groups is 2. The van der Waals surface area contributed by atoms with E-state index < -0.39 is 6.04 Å². The second-order valence-corrected chi connectivity index (χ2v) is 11.7. The number of hydrogen-bond donors (Lipinski definition) is 2. The molecule has 1 aromatic heterocycles. The molecule has 1 aliphatic carbocycles. The lowest BCUT2D eigenvalue weighted by molar-refractivity contribution is -0.139. The molecule has 37 heavy (non-hydrogen) atoms. The number of aryl methyl sites for hydroxylation is 1. The molecule has 2 aliphatic rings. The number of thiazole rings is 1. The summed E-state index contributed by atoms with van der Waals surface area (Å²) in [4.78, 5) is 34.1. The monoisotopic (exact) mass is 518 g/mol. The van der Waals surface area contributed by atoms with Crippen LogP contribution in [0.2, 0.25) is 0 Å². The van der Waals surface area contributed by atoms with Gasteiger partial charge in [-0.25, -0.2) is 4.98 Å². The Balaban J connectivity index is 1.44. The van der Waals surface area contributed by atoms with Crippen molar-refractivity contribution in [3.05, 3.63) is 53.0 Å². The summed E-state index contributed by atoms with van der Waals surface area (Å²) in [5, 5.41) is 7.15. The minimum atomic E-state index is -0.471. The number of aromatic nitrogens is 1. The SMILES string of the molecule is CN[C@@H](C)C(=O)N[C@H](C(=O)N1CCC[C@H]1c1nc2c(-c3cccc(C)c3)cccc2s1)C1CCCCC1. The van der Waals surface area contributed by atoms with Gasteiger partial charge in [0.2, 0.25) is 11.8 Å². The molecule has 3 aromatic rings. The van der Waals surface area contributed by atoms with E-state index in [9.17, 15) is 9.59 Å². The van der Waals surface area contributed by atoms with Gasteiger partial charge in [-0.15, -0.1) is 11.3 Å². The summed E-state index contributed by atoms with van der Waals surface area (Å²) < 4.78 is 1.15. The van der Waals surface area contributed by atoms with Crippen LogP contribution < -0.4 is 10.6 Å². The van der Waals surface area contributed by atoms with Gasteiger partial charge in [-0.2, -0.15) is 0 Å². The molecule has 0 unspecified atom stereocenters. The van der Waals surface area contributed by atoms with Crippen LogP contribution in [-0.4, -0.2) is 47.4 Å². The number of nitrogens with one attached hydrogen (secondary N) is 2. The van der Waals surface area contributed by atoms with Crippen molar-refractivity contribution in [1.29, 1.82) is 0 Å².